The number of rotatable bonds is 3. The summed E-state index contributed by atoms with van der Waals surface area (Å²) in [4.78, 5) is 25.6. The van der Waals surface area contributed by atoms with E-state index < -0.39 is 5.60 Å². The maximum Gasteiger partial charge on any atom is 0.410 e. The van der Waals surface area contributed by atoms with E-state index in [1.54, 1.807) is 4.90 Å². The Balaban J connectivity index is 2.67. The fourth-order valence-corrected chi connectivity index (χ4v) is 2.06. The third kappa shape index (κ3) is 4.17. The second-order valence-electron chi connectivity index (χ2n) is 5.93. The van der Waals surface area contributed by atoms with E-state index in [1.165, 1.54) is 0 Å². The average Bonchev–Trinajstić information content (AvgIpc) is 2.61. The minimum absolute atomic E-state index is 0.0610. The second kappa shape index (κ2) is 5.55. The molecule has 102 valence electrons. The molecule has 1 rings (SSSR count). The van der Waals surface area contributed by atoms with Crippen molar-refractivity contribution >= 4 is 11.9 Å². The van der Waals surface area contributed by atoms with Crippen LogP contribution < -0.4 is 0 Å². The number of ketones is 1. The molecule has 0 aromatic heterocycles. The van der Waals surface area contributed by atoms with Crippen molar-refractivity contribution < 1.29 is 14.3 Å². The van der Waals surface area contributed by atoms with Crippen LogP contribution in [-0.2, 0) is 9.53 Å². The van der Waals surface area contributed by atoms with Crippen LogP contribution in [0.5, 0.6) is 0 Å². The number of likely N-dealkylation sites (tertiary alicyclic amines) is 1. The minimum atomic E-state index is -0.526. The van der Waals surface area contributed by atoms with Crippen molar-refractivity contribution in [1.82, 2.24) is 4.90 Å². The number of carbonyl (C=O) groups excluding carboxylic acids is 2. The van der Waals surface area contributed by atoms with E-state index in [0.717, 1.165) is 18.4 Å². The van der Waals surface area contributed by atoms with Gasteiger partial charge in [0.15, 0.2) is 5.78 Å². The van der Waals surface area contributed by atoms with Crippen LogP contribution in [0.25, 0.3) is 0 Å². The highest BCUT2D eigenvalue weighted by molar-refractivity contribution is 5.89. The zero-order chi connectivity index (χ0) is 13.9. The zero-order valence-electron chi connectivity index (χ0n) is 11.8. The van der Waals surface area contributed by atoms with Crippen molar-refractivity contribution in [1.29, 1.82) is 0 Å². The lowest BCUT2D eigenvalue weighted by Gasteiger charge is -2.28. The van der Waals surface area contributed by atoms with E-state index in [0.29, 0.717) is 13.0 Å². The van der Waals surface area contributed by atoms with Gasteiger partial charge in [0.2, 0.25) is 0 Å². The molecule has 1 aliphatic rings. The smallest absolute Gasteiger partial charge is 0.410 e. The highest BCUT2D eigenvalue weighted by atomic mass is 16.6. The molecule has 0 aromatic rings. The molecule has 4 nitrogen and oxygen atoms in total. The molecule has 0 bridgehead atoms. The van der Waals surface area contributed by atoms with Crippen LogP contribution in [0, 0.1) is 0 Å². The largest absolute Gasteiger partial charge is 0.444 e. The lowest BCUT2D eigenvalue weighted by molar-refractivity contribution is -0.122. The zero-order valence-corrected chi connectivity index (χ0v) is 11.8. The van der Waals surface area contributed by atoms with Crippen molar-refractivity contribution in [3.05, 3.63) is 12.2 Å². The quantitative estimate of drug-likeness (QED) is 0.726. The van der Waals surface area contributed by atoms with Gasteiger partial charge in [0.1, 0.15) is 5.60 Å². The highest BCUT2D eigenvalue weighted by Gasteiger charge is 2.35. The predicted molar refractivity (Wildman–Crippen MR) is 70.4 cm³/mol. The second-order valence-corrected chi connectivity index (χ2v) is 5.93. The Morgan fingerprint density at radius 2 is 2.00 bits per heavy atom. The molecule has 1 atom stereocenters. The third-order valence-electron chi connectivity index (χ3n) is 2.73. The molecular weight excluding hydrogens is 230 g/mol. The summed E-state index contributed by atoms with van der Waals surface area (Å²) >= 11 is 0. The first-order valence-electron chi connectivity index (χ1n) is 6.37. The van der Waals surface area contributed by atoms with Crippen LogP contribution >= 0.6 is 0 Å². The monoisotopic (exact) mass is 253 g/mol. The maximum atomic E-state index is 12.0. The molecule has 0 saturated carbocycles. The van der Waals surface area contributed by atoms with Gasteiger partial charge < -0.3 is 4.74 Å². The molecule has 0 spiro atoms. The molecule has 18 heavy (non-hydrogen) atoms. The topological polar surface area (TPSA) is 46.6 Å². The van der Waals surface area contributed by atoms with E-state index >= 15 is 0 Å². The average molecular weight is 253 g/mol. The predicted octanol–water partition coefficient (Wildman–Crippen LogP) is 2.92. The van der Waals surface area contributed by atoms with Crippen LogP contribution in [0.2, 0.25) is 0 Å². The summed E-state index contributed by atoms with van der Waals surface area (Å²) in [5, 5.41) is 0. The van der Waals surface area contributed by atoms with Crippen LogP contribution in [0.15, 0.2) is 12.2 Å². The molecule has 4 heteroatoms. The van der Waals surface area contributed by atoms with Gasteiger partial charge in [0, 0.05) is 13.0 Å². The molecule has 0 N–H and O–H groups in total. The maximum absolute atomic E-state index is 12.0. The molecule has 1 saturated heterocycles. The third-order valence-corrected chi connectivity index (χ3v) is 2.73. The van der Waals surface area contributed by atoms with Gasteiger partial charge >= 0.3 is 6.09 Å². The highest BCUT2D eigenvalue weighted by Crippen LogP contribution is 2.23. The number of nitrogens with zero attached hydrogens (tertiary/aromatic N) is 1. The van der Waals surface area contributed by atoms with Crippen molar-refractivity contribution in [2.24, 2.45) is 0 Å². The minimum Gasteiger partial charge on any atom is -0.444 e. The van der Waals surface area contributed by atoms with Crippen molar-refractivity contribution in [2.75, 3.05) is 6.54 Å². The van der Waals surface area contributed by atoms with E-state index in [1.807, 2.05) is 27.7 Å². The Labute approximate surface area is 109 Å². The molecule has 0 aliphatic carbocycles. The molecule has 0 aromatic carbocycles. The van der Waals surface area contributed by atoms with Crippen LogP contribution in [0.3, 0.4) is 0 Å². The fraction of sp³-hybridized carbons (Fsp3) is 0.714. The van der Waals surface area contributed by atoms with Gasteiger partial charge in [-0.05, 0) is 40.5 Å². The number of carbonyl (C=O) groups is 2. The van der Waals surface area contributed by atoms with Gasteiger partial charge in [0.25, 0.3) is 0 Å². The first-order chi connectivity index (χ1) is 8.20. The molecule has 1 aliphatic heterocycles. The van der Waals surface area contributed by atoms with E-state index in [-0.39, 0.29) is 17.9 Å². The summed E-state index contributed by atoms with van der Waals surface area (Å²) in [6.45, 7) is 11.6. The fourth-order valence-electron chi connectivity index (χ4n) is 2.06. The SMILES string of the molecule is C=C(C)CC(=O)[C@@H]1CCCN1C(=O)OC(C)(C)C. The lowest BCUT2D eigenvalue weighted by Crippen LogP contribution is -2.43. The summed E-state index contributed by atoms with van der Waals surface area (Å²) in [6, 6.07) is -0.337. The lowest BCUT2D eigenvalue weighted by atomic mass is 10.0. The molecule has 0 radical (unpaired) electrons. The van der Waals surface area contributed by atoms with Gasteiger partial charge in [-0.15, -0.1) is 0 Å². The molecule has 1 fully saturated rings. The van der Waals surface area contributed by atoms with Gasteiger partial charge in [-0.25, -0.2) is 4.79 Å². The Morgan fingerprint density at radius 1 is 1.39 bits per heavy atom. The Kier molecular flexibility index (Phi) is 4.54. The number of allylic oxidation sites excluding steroid dienone is 1. The molecule has 1 amide bonds. The van der Waals surface area contributed by atoms with Gasteiger partial charge in [-0.2, -0.15) is 0 Å². The first kappa shape index (κ1) is 14.7. The van der Waals surface area contributed by atoms with Crippen molar-refractivity contribution in [3.63, 3.8) is 0 Å². The van der Waals surface area contributed by atoms with E-state index in [9.17, 15) is 9.59 Å². The van der Waals surface area contributed by atoms with Gasteiger partial charge in [0.05, 0.1) is 6.04 Å². The summed E-state index contributed by atoms with van der Waals surface area (Å²) in [5.74, 6) is 0.0610. The molecular formula is C14H23NO3. The molecule has 0 unspecified atom stereocenters. The van der Waals surface area contributed by atoms with Crippen molar-refractivity contribution in [2.45, 2.75) is 58.6 Å². The number of Topliss-reactive ketones (excluding diaryl/α,β-unsaturated/α-hetero) is 1. The number of amides is 1. The number of hydrogen-bond acceptors (Lipinski definition) is 3. The Bertz CT molecular complexity index is 355. The van der Waals surface area contributed by atoms with Crippen LogP contribution in [-0.4, -0.2) is 35.0 Å². The normalized spacial score (nSPS) is 19.8. The van der Waals surface area contributed by atoms with Crippen LogP contribution in [0.4, 0.5) is 4.79 Å². The van der Waals surface area contributed by atoms with Crippen molar-refractivity contribution in [3.8, 4) is 0 Å². The van der Waals surface area contributed by atoms with E-state index in [2.05, 4.69) is 6.58 Å². The summed E-state index contributed by atoms with van der Waals surface area (Å²) < 4.78 is 5.32. The first-order valence-corrected chi connectivity index (χ1v) is 6.37. The standard InChI is InChI=1S/C14H23NO3/c1-10(2)9-12(16)11-7-6-8-15(11)13(17)18-14(3,4)5/h11H,1,6-9H2,2-5H3/t11-/m0/s1. The van der Waals surface area contributed by atoms with Crippen LogP contribution in [0.1, 0.15) is 47.0 Å². The summed E-state index contributed by atoms with van der Waals surface area (Å²) in [7, 11) is 0. The van der Waals surface area contributed by atoms with E-state index in [4.69, 9.17) is 4.74 Å². The van der Waals surface area contributed by atoms with Gasteiger partial charge in [-0.1, -0.05) is 12.2 Å². The molecule has 1 heterocycles. The Morgan fingerprint density at radius 3 is 2.50 bits per heavy atom. The number of ether oxygens (including phenoxy) is 1. The summed E-state index contributed by atoms with van der Waals surface area (Å²) in [6.07, 6.45) is 1.53. The summed E-state index contributed by atoms with van der Waals surface area (Å²) in [5.41, 5.74) is 0.303. The number of hydrogen-bond donors (Lipinski definition) is 0. The Hall–Kier alpha value is -1.32. The van der Waals surface area contributed by atoms with Gasteiger partial charge in [-0.3, -0.25) is 9.69 Å².